The monoisotopic (exact) mass is 416 g/mol. The van der Waals surface area contributed by atoms with Crippen LogP contribution in [0, 0.1) is 24.9 Å². The number of hydrogen-bond donors (Lipinski definition) is 1. The minimum Gasteiger partial charge on any atom is -0.489 e. The highest BCUT2D eigenvalue weighted by molar-refractivity contribution is 5.68. The summed E-state index contributed by atoms with van der Waals surface area (Å²) in [5.41, 5.74) is 0.213. The van der Waals surface area contributed by atoms with Crippen molar-refractivity contribution in [2.75, 3.05) is 6.61 Å². The summed E-state index contributed by atoms with van der Waals surface area (Å²) in [5, 5.41) is 2.95. The molecule has 0 aliphatic carbocycles. The van der Waals surface area contributed by atoms with Crippen molar-refractivity contribution in [2.45, 2.75) is 66.0 Å². The number of aromatic nitrogens is 2. The zero-order chi connectivity index (χ0) is 22.5. The van der Waals surface area contributed by atoms with Crippen LogP contribution in [0.15, 0.2) is 24.4 Å². The third-order valence-electron chi connectivity index (χ3n) is 4.24. The maximum atomic E-state index is 13.9. The lowest BCUT2D eigenvalue weighted by Crippen LogP contribution is -2.52. The van der Waals surface area contributed by atoms with E-state index in [9.17, 15) is 9.18 Å². The molecule has 0 saturated carbocycles. The summed E-state index contributed by atoms with van der Waals surface area (Å²) in [6.45, 7) is 13.6. The van der Waals surface area contributed by atoms with Crippen LogP contribution in [0.5, 0.6) is 5.75 Å². The minimum absolute atomic E-state index is 0.240. The van der Waals surface area contributed by atoms with E-state index in [1.54, 1.807) is 25.1 Å². The maximum absolute atomic E-state index is 13.9. The Labute approximate surface area is 178 Å². The van der Waals surface area contributed by atoms with Gasteiger partial charge >= 0.3 is 6.09 Å². The van der Waals surface area contributed by atoms with Gasteiger partial charge in [0.15, 0.2) is 5.82 Å². The number of hydrogen-bond acceptors (Lipinski definition) is 5. The Morgan fingerprint density at radius 3 is 2.50 bits per heavy atom. The standard InChI is InChI=1S/C23H31FN3O3/c1-15(2)12-23(7,27-21(28)30-22(4,5)6)14-29-20-9-8-19(26-16(20)3)17-10-11-25-13-18(17)24/h8-11,15H,12,14H2,1-7H3,(H,27,28). The highest BCUT2D eigenvalue weighted by Gasteiger charge is 2.31. The first kappa shape index (κ1) is 23.6. The van der Waals surface area contributed by atoms with Crippen molar-refractivity contribution >= 4 is 6.09 Å². The number of rotatable bonds is 7. The number of amides is 1. The van der Waals surface area contributed by atoms with Gasteiger partial charge in [0.25, 0.3) is 0 Å². The number of pyridine rings is 2. The van der Waals surface area contributed by atoms with Gasteiger partial charge in [-0.3, -0.25) is 4.98 Å². The van der Waals surface area contributed by atoms with Gasteiger partial charge in [-0.1, -0.05) is 13.8 Å². The summed E-state index contributed by atoms with van der Waals surface area (Å²) in [6, 6.07) is 5.00. The quantitative estimate of drug-likeness (QED) is 0.680. The van der Waals surface area contributed by atoms with Crippen LogP contribution in [0.25, 0.3) is 11.3 Å². The normalized spacial score (nSPS) is 13.6. The molecule has 2 rings (SSSR count). The highest BCUT2D eigenvalue weighted by Crippen LogP contribution is 2.26. The Morgan fingerprint density at radius 1 is 1.23 bits per heavy atom. The SMILES string of the molecule is Cc1nc(-c2ccn[c]c2F)ccc1OCC(C)(CC(C)C)NC(=O)OC(C)(C)C. The molecule has 163 valence electrons. The molecular formula is C23H31FN3O3. The average molecular weight is 417 g/mol. The molecule has 0 fully saturated rings. The summed E-state index contributed by atoms with van der Waals surface area (Å²) in [4.78, 5) is 20.4. The molecule has 1 atom stereocenters. The first-order valence-corrected chi connectivity index (χ1v) is 10.0. The van der Waals surface area contributed by atoms with E-state index >= 15 is 0 Å². The van der Waals surface area contributed by atoms with Crippen LogP contribution >= 0.6 is 0 Å². The Hall–Kier alpha value is -2.70. The molecule has 2 heterocycles. The number of aryl methyl sites for hydroxylation is 1. The maximum Gasteiger partial charge on any atom is 0.408 e. The molecular weight excluding hydrogens is 385 g/mol. The molecule has 2 aromatic rings. The van der Waals surface area contributed by atoms with E-state index in [4.69, 9.17) is 9.47 Å². The number of carbonyl (C=O) groups is 1. The van der Waals surface area contributed by atoms with Gasteiger partial charge in [0.2, 0.25) is 0 Å². The van der Waals surface area contributed by atoms with Crippen LogP contribution in [0.2, 0.25) is 0 Å². The highest BCUT2D eigenvalue weighted by atomic mass is 19.1. The molecule has 1 radical (unpaired) electrons. The van der Waals surface area contributed by atoms with Gasteiger partial charge < -0.3 is 14.8 Å². The van der Waals surface area contributed by atoms with Crippen molar-refractivity contribution in [2.24, 2.45) is 5.92 Å². The number of carbonyl (C=O) groups excluding carboxylic acids is 1. The lowest BCUT2D eigenvalue weighted by atomic mass is 9.91. The zero-order valence-electron chi connectivity index (χ0n) is 18.8. The molecule has 7 heteroatoms. The van der Waals surface area contributed by atoms with E-state index in [-0.39, 0.29) is 6.61 Å². The fraction of sp³-hybridized carbons (Fsp3) is 0.522. The van der Waals surface area contributed by atoms with Gasteiger partial charge in [-0.25, -0.2) is 14.2 Å². The average Bonchev–Trinajstić information content (AvgIpc) is 2.58. The van der Waals surface area contributed by atoms with Crippen molar-refractivity contribution < 1.29 is 18.7 Å². The van der Waals surface area contributed by atoms with Crippen LogP contribution in [-0.4, -0.2) is 33.8 Å². The summed E-state index contributed by atoms with van der Waals surface area (Å²) in [7, 11) is 0. The van der Waals surface area contributed by atoms with Crippen LogP contribution < -0.4 is 10.1 Å². The van der Waals surface area contributed by atoms with E-state index < -0.39 is 23.1 Å². The number of nitrogens with zero attached hydrogens (tertiary/aromatic N) is 2. The first-order valence-electron chi connectivity index (χ1n) is 10.0. The Bertz CT molecular complexity index is 880. The van der Waals surface area contributed by atoms with Crippen LogP contribution in [-0.2, 0) is 4.74 Å². The van der Waals surface area contributed by atoms with Crippen molar-refractivity contribution in [1.29, 1.82) is 0 Å². The topological polar surface area (TPSA) is 73.3 Å². The summed E-state index contributed by atoms with van der Waals surface area (Å²) >= 11 is 0. The van der Waals surface area contributed by atoms with E-state index in [2.05, 4.69) is 35.3 Å². The first-order chi connectivity index (χ1) is 13.9. The van der Waals surface area contributed by atoms with E-state index in [0.717, 1.165) is 0 Å². The fourth-order valence-corrected chi connectivity index (χ4v) is 3.22. The second-order valence-corrected chi connectivity index (χ2v) is 9.14. The fourth-order valence-electron chi connectivity index (χ4n) is 3.22. The van der Waals surface area contributed by atoms with Gasteiger partial charge in [-0.15, -0.1) is 0 Å². The lowest BCUT2D eigenvalue weighted by molar-refractivity contribution is 0.0407. The van der Waals surface area contributed by atoms with Gasteiger partial charge in [-0.05, 0) is 65.2 Å². The van der Waals surface area contributed by atoms with Gasteiger partial charge in [-0.2, -0.15) is 0 Å². The Morgan fingerprint density at radius 2 is 1.93 bits per heavy atom. The van der Waals surface area contributed by atoms with Crippen molar-refractivity contribution in [3.05, 3.63) is 42.1 Å². The third kappa shape index (κ3) is 6.97. The van der Waals surface area contributed by atoms with Crippen molar-refractivity contribution in [3.8, 4) is 17.0 Å². The van der Waals surface area contributed by atoms with Gasteiger partial charge in [0.1, 0.15) is 24.2 Å². The Kier molecular flexibility index (Phi) is 7.39. The lowest BCUT2D eigenvalue weighted by Gasteiger charge is -2.33. The molecule has 1 N–H and O–H groups in total. The molecule has 0 spiro atoms. The summed E-state index contributed by atoms with van der Waals surface area (Å²) < 4.78 is 25.3. The molecule has 0 aliphatic heterocycles. The Balaban J connectivity index is 2.14. The third-order valence-corrected chi connectivity index (χ3v) is 4.24. The molecule has 1 amide bonds. The molecule has 30 heavy (non-hydrogen) atoms. The second-order valence-electron chi connectivity index (χ2n) is 9.14. The predicted molar refractivity (Wildman–Crippen MR) is 114 cm³/mol. The number of nitrogens with one attached hydrogen (secondary N) is 1. The van der Waals surface area contributed by atoms with Gasteiger partial charge in [0.05, 0.1) is 16.9 Å². The second kappa shape index (κ2) is 9.41. The minimum atomic E-state index is -0.631. The molecule has 6 nitrogen and oxygen atoms in total. The number of halogens is 1. The van der Waals surface area contributed by atoms with E-state index in [0.29, 0.717) is 35.0 Å². The van der Waals surface area contributed by atoms with E-state index in [1.165, 1.54) is 6.20 Å². The van der Waals surface area contributed by atoms with Gasteiger partial charge in [0, 0.05) is 11.8 Å². The van der Waals surface area contributed by atoms with Crippen LogP contribution in [0.1, 0.15) is 53.7 Å². The number of ether oxygens (including phenoxy) is 2. The largest absolute Gasteiger partial charge is 0.489 e. The molecule has 0 saturated heterocycles. The number of alkyl carbamates (subject to hydrolysis) is 1. The van der Waals surface area contributed by atoms with Crippen LogP contribution in [0.3, 0.4) is 0 Å². The molecule has 0 aliphatic rings. The zero-order valence-corrected chi connectivity index (χ0v) is 18.8. The molecule has 0 bridgehead atoms. The smallest absolute Gasteiger partial charge is 0.408 e. The van der Waals surface area contributed by atoms with Crippen LogP contribution in [0.4, 0.5) is 9.18 Å². The van der Waals surface area contributed by atoms with Crippen molar-refractivity contribution in [1.82, 2.24) is 15.3 Å². The van der Waals surface area contributed by atoms with Crippen molar-refractivity contribution in [3.63, 3.8) is 0 Å². The molecule has 0 aromatic carbocycles. The predicted octanol–water partition coefficient (Wildman–Crippen LogP) is 5.10. The molecule has 2 aromatic heterocycles. The van der Waals surface area contributed by atoms with E-state index in [1.807, 2.05) is 27.7 Å². The summed E-state index contributed by atoms with van der Waals surface area (Å²) in [6.07, 6.45) is 3.98. The summed E-state index contributed by atoms with van der Waals surface area (Å²) in [5.74, 6) is 0.350. The molecule has 1 unspecified atom stereocenters.